The monoisotopic (exact) mass is 1310 g/mol. The van der Waals surface area contributed by atoms with Crippen molar-refractivity contribution in [1.82, 2.24) is 0 Å². The molecule has 16 aromatic carbocycles. The molecule has 0 atom stereocenters. The fourth-order valence-corrected chi connectivity index (χ4v) is 13.4. The highest BCUT2D eigenvalue weighted by atomic mass is 16.3. The summed E-state index contributed by atoms with van der Waals surface area (Å²) in [5.41, 5.74) is 22.9. The van der Waals surface area contributed by atoms with Crippen LogP contribution in [-0.4, -0.2) is 0 Å². The van der Waals surface area contributed by atoms with Crippen molar-refractivity contribution in [1.29, 1.82) is 0 Å². The average molecular weight is 1320 g/mol. The van der Waals surface area contributed by atoms with E-state index in [9.17, 15) is 0 Å². The van der Waals surface area contributed by atoms with Crippen molar-refractivity contribution >= 4 is 144 Å². The smallest absolute Gasteiger partial charge is 0.143 e. The molecule has 4 heterocycles. The zero-order chi connectivity index (χ0) is 68.0. The third kappa shape index (κ3) is 13.1. The SMILES string of the molecule is c1ccc(-c2ccc(Nc3ccc4oc5ccccc5c4c3)cc2)cc1.c1ccc(-c2ccccc2Nc2ccc3c(c2)oc2ccccc23)cc1.c1ccc(Nc2ccc(-c3cccc4c3oc3ccccc34)cc2)cc1.c1ccc2cc(Nc3ccc4oc5ccccc5c4c3)ccc2c1. The summed E-state index contributed by atoms with van der Waals surface area (Å²) < 4.78 is 23.9. The van der Waals surface area contributed by atoms with Gasteiger partial charge in [0, 0.05) is 106 Å². The second-order valence-corrected chi connectivity index (χ2v) is 25.1. The molecule has 0 aliphatic rings. The summed E-state index contributed by atoms with van der Waals surface area (Å²) in [5, 5.41) is 25.6. The minimum Gasteiger partial charge on any atom is -0.456 e. The first-order valence-corrected chi connectivity index (χ1v) is 34.2. The Morgan fingerprint density at radius 1 is 0.167 bits per heavy atom. The zero-order valence-corrected chi connectivity index (χ0v) is 55.4. The summed E-state index contributed by atoms with van der Waals surface area (Å²) in [6.07, 6.45) is 0. The van der Waals surface area contributed by atoms with E-state index in [1.165, 1.54) is 33.0 Å². The summed E-state index contributed by atoms with van der Waals surface area (Å²) in [4.78, 5) is 0. The van der Waals surface area contributed by atoms with Crippen LogP contribution < -0.4 is 21.3 Å². The van der Waals surface area contributed by atoms with Gasteiger partial charge in [-0.05, 0) is 160 Å². The maximum Gasteiger partial charge on any atom is 0.143 e. The standard InChI is InChI=1S/3C24H17NO.C22H15NO/c1-2-8-17(9-3-1)19-10-4-6-12-22(19)25-18-14-15-21-20-11-5-7-13-23(20)26-24(21)16-18;1-2-7-18(8-3-1)25-19-15-13-17(14-16-19)20-10-6-11-22-21-9-4-5-12-23(21)26-24(20)22;1-2-6-17(7-3-1)18-10-12-19(13-11-18)25-20-14-15-24-22(16-20)21-8-4-5-9-23(21)26-24;1-2-6-16-13-17(10-9-15(16)5-1)23-18-11-12-22-20(14-18)19-7-3-4-8-21(19)24-22/h3*1-16,25H;1-14,23H. The maximum absolute atomic E-state index is 6.15. The number of para-hydroxylation sites is 7. The fraction of sp³-hybridized carbons (Fsp3) is 0. The molecule has 20 rings (SSSR count). The van der Waals surface area contributed by atoms with Gasteiger partial charge in [0.05, 0.1) is 0 Å². The lowest BCUT2D eigenvalue weighted by molar-refractivity contribution is 0.668. The van der Waals surface area contributed by atoms with Gasteiger partial charge in [-0.25, -0.2) is 0 Å². The van der Waals surface area contributed by atoms with E-state index in [2.05, 4.69) is 282 Å². The van der Waals surface area contributed by atoms with E-state index in [4.69, 9.17) is 17.7 Å². The highest BCUT2D eigenvalue weighted by Gasteiger charge is 2.15. The van der Waals surface area contributed by atoms with Crippen LogP contribution in [0.4, 0.5) is 45.5 Å². The molecule has 0 saturated heterocycles. The molecule has 20 aromatic rings. The van der Waals surface area contributed by atoms with E-state index in [0.29, 0.717) is 0 Å². The van der Waals surface area contributed by atoms with Crippen molar-refractivity contribution in [2.24, 2.45) is 0 Å². The van der Waals surface area contributed by atoms with Crippen LogP contribution in [0.5, 0.6) is 0 Å². The van der Waals surface area contributed by atoms with E-state index in [1.54, 1.807) is 0 Å². The number of hydrogen-bond donors (Lipinski definition) is 4. The fourth-order valence-electron chi connectivity index (χ4n) is 13.4. The molecule has 8 heteroatoms. The first-order valence-electron chi connectivity index (χ1n) is 34.2. The van der Waals surface area contributed by atoms with E-state index < -0.39 is 0 Å². The number of fused-ring (bicyclic) bond motifs is 13. The van der Waals surface area contributed by atoms with Gasteiger partial charge in [-0.3, -0.25) is 0 Å². The predicted octanol–water partition coefficient (Wildman–Crippen LogP) is 27.5. The Balaban J connectivity index is 0.000000101. The second kappa shape index (κ2) is 28.0. The Hall–Kier alpha value is -13.8. The molecule has 4 aromatic heterocycles. The topological polar surface area (TPSA) is 101 Å². The number of benzene rings is 16. The summed E-state index contributed by atoms with van der Waals surface area (Å²) in [6, 6.07) is 129. The van der Waals surface area contributed by atoms with Gasteiger partial charge >= 0.3 is 0 Å². The first kappa shape index (κ1) is 61.7. The number of furan rings is 4. The third-order valence-electron chi connectivity index (χ3n) is 18.4. The lowest BCUT2D eigenvalue weighted by Gasteiger charge is -2.12. The van der Waals surface area contributed by atoms with Crippen LogP contribution in [0.1, 0.15) is 0 Å². The van der Waals surface area contributed by atoms with Crippen molar-refractivity contribution in [2.45, 2.75) is 0 Å². The van der Waals surface area contributed by atoms with Gasteiger partial charge in [0.25, 0.3) is 0 Å². The third-order valence-corrected chi connectivity index (χ3v) is 18.4. The minimum absolute atomic E-state index is 0.897. The number of nitrogens with one attached hydrogen (secondary N) is 4. The summed E-state index contributed by atoms with van der Waals surface area (Å²) >= 11 is 0. The summed E-state index contributed by atoms with van der Waals surface area (Å²) in [6.45, 7) is 0. The highest BCUT2D eigenvalue weighted by molar-refractivity contribution is 6.11. The van der Waals surface area contributed by atoms with Crippen molar-refractivity contribution in [3.8, 4) is 33.4 Å². The van der Waals surface area contributed by atoms with Crippen molar-refractivity contribution in [3.05, 3.63) is 376 Å². The molecule has 0 saturated carbocycles. The van der Waals surface area contributed by atoms with Gasteiger partial charge in [-0.15, -0.1) is 0 Å². The van der Waals surface area contributed by atoms with Gasteiger partial charge in [0.15, 0.2) is 0 Å². The molecule has 0 amide bonds. The largest absolute Gasteiger partial charge is 0.456 e. The van der Waals surface area contributed by atoms with E-state index >= 15 is 0 Å². The molecular formula is C94H66N4O4. The minimum atomic E-state index is 0.897. The van der Waals surface area contributed by atoms with Crippen LogP contribution in [0, 0.1) is 0 Å². The second-order valence-electron chi connectivity index (χ2n) is 25.1. The first-order chi connectivity index (χ1) is 50.5. The van der Waals surface area contributed by atoms with Crippen LogP contribution in [0.25, 0.3) is 132 Å². The Morgan fingerprint density at radius 3 is 1.16 bits per heavy atom. The molecule has 486 valence electrons. The zero-order valence-electron chi connectivity index (χ0n) is 55.4. The molecule has 4 N–H and O–H groups in total. The van der Waals surface area contributed by atoms with Gasteiger partial charge in [-0.1, -0.05) is 243 Å². The molecule has 0 fully saturated rings. The molecule has 0 aliphatic carbocycles. The molecule has 0 spiro atoms. The Kier molecular flexibility index (Phi) is 16.9. The van der Waals surface area contributed by atoms with E-state index in [0.717, 1.165) is 144 Å². The predicted molar refractivity (Wildman–Crippen MR) is 428 cm³/mol. The van der Waals surface area contributed by atoms with Gasteiger partial charge in [0.2, 0.25) is 0 Å². The van der Waals surface area contributed by atoms with E-state index in [1.807, 2.05) is 115 Å². The highest BCUT2D eigenvalue weighted by Crippen LogP contribution is 2.39. The van der Waals surface area contributed by atoms with Crippen molar-refractivity contribution < 1.29 is 17.7 Å². The lowest BCUT2D eigenvalue weighted by Crippen LogP contribution is -1.93. The van der Waals surface area contributed by atoms with Gasteiger partial charge < -0.3 is 38.9 Å². The molecule has 0 aliphatic heterocycles. The molecule has 0 radical (unpaired) electrons. The van der Waals surface area contributed by atoms with E-state index in [-0.39, 0.29) is 0 Å². The maximum atomic E-state index is 6.15. The average Bonchev–Trinajstić information content (AvgIpc) is 1.61. The Labute approximate surface area is 589 Å². The molecule has 0 bridgehead atoms. The molecule has 8 nitrogen and oxygen atoms in total. The summed E-state index contributed by atoms with van der Waals surface area (Å²) in [5.74, 6) is 0. The number of hydrogen-bond acceptors (Lipinski definition) is 8. The van der Waals surface area contributed by atoms with Gasteiger partial charge in [0.1, 0.15) is 44.7 Å². The van der Waals surface area contributed by atoms with Crippen molar-refractivity contribution in [3.63, 3.8) is 0 Å². The summed E-state index contributed by atoms with van der Waals surface area (Å²) in [7, 11) is 0. The van der Waals surface area contributed by atoms with Crippen LogP contribution in [0.2, 0.25) is 0 Å². The molecule has 102 heavy (non-hydrogen) atoms. The van der Waals surface area contributed by atoms with Crippen LogP contribution in [0.3, 0.4) is 0 Å². The Morgan fingerprint density at radius 2 is 0.529 bits per heavy atom. The number of anilines is 8. The lowest BCUT2D eigenvalue weighted by atomic mass is 10.0. The van der Waals surface area contributed by atoms with Crippen molar-refractivity contribution in [2.75, 3.05) is 21.3 Å². The van der Waals surface area contributed by atoms with Gasteiger partial charge in [-0.2, -0.15) is 0 Å². The number of rotatable bonds is 11. The van der Waals surface area contributed by atoms with Crippen LogP contribution >= 0.6 is 0 Å². The normalized spacial score (nSPS) is 11.1. The Bertz CT molecular complexity index is 6320. The molecule has 0 unspecified atom stereocenters. The van der Waals surface area contributed by atoms with Crippen LogP contribution in [0.15, 0.2) is 394 Å². The molecular weight excluding hydrogens is 1250 g/mol. The quantitative estimate of drug-likeness (QED) is 0.102. The van der Waals surface area contributed by atoms with Crippen LogP contribution in [-0.2, 0) is 0 Å².